The van der Waals surface area contributed by atoms with Gasteiger partial charge in [-0.15, -0.1) is 0 Å². The van der Waals surface area contributed by atoms with Gasteiger partial charge < -0.3 is 15.4 Å². The van der Waals surface area contributed by atoms with Gasteiger partial charge in [0.25, 0.3) is 0 Å². The van der Waals surface area contributed by atoms with E-state index in [1.807, 2.05) is 14.0 Å². The average molecular weight is 238 g/mol. The minimum Gasteiger partial charge on any atom is -0.385 e. The minimum absolute atomic E-state index is 0.844. The van der Waals surface area contributed by atoms with E-state index in [1.165, 1.54) is 6.42 Å². The predicted molar refractivity (Wildman–Crippen MR) is 70.5 cm³/mol. The van der Waals surface area contributed by atoms with Crippen molar-refractivity contribution in [3.63, 3.8) is 0 Å². The molecule has 1 aromatic rings. The van der Waals surface area contributed by atoms with Crippen LogP contribution in [0.4, 0.5) is 11.6 Å². The normalized spacial score (nSPS) is 10.3. The van der Waals surface area contributed by atoms with Gasteiger partial charge in [-0.05, 0) is 26.2 Å². The molecule has 0 aromatic carbocycles. The van der Waals surface area contributed by atoms with Crippen LogP contribution in [0.5, 0.6) is 0 Å². The van der Waals surface area contributed by atoms with Crippen molar-refractivity contribution in [3.8, 4) is 0 Å². The van der Waals surface area contributed by atoms with E-state index in [0.29, 0.717) is 0 Å². The number of nitrogens with one attached hydrogen (secondary N) is 2. The summed E-state index contributed by atoms with van der Waals surface area (Å²) < 4.78 is 5.01. The van der Waals surface area contributed by atoms with Crippen molar-refractivity contribution < 1.29 is 4.74 Å². The third kappa shape index (κ3) is 4.56. The van der Waals surface area contributed by atoms with Gasteiger partial charge in [-0.3, -0.25) is 0 Å². The Morgan fingerprint density at radius 2 is 1.94 bits per heavy atom. The summed E-state index contributed by atoms with van der Waals surface area (Å²) in [5.74, 6) is 1.79. The van der Waals surface area contributed by atoms with Gasteiger partial charge in [0, 0.05) is 32.9 Å². The molecule has 2 N–H and O–H groups in total. The summed E-state index contributed by atoms with van der Waals surface area (Å²) in [6.45, 7) is 3.79. The van der Waals surface area contributed by atoms with Gasteiger partial charge in [0.05, 0.1) is 0 Å². The second-order valence-corrected chi connectivity index (χ2v) is 3.93. The van der Waals surface area contributed by atoms with Gasteiger partial charge in [0.1, 0.15) is 18.0 Å². The highest BCUT2D eigenvalue weighted by Crippen LogP contribution is 2.17. The maximum Gasteiger partial charge on any atom is 0.134 e. The molecule has 0 saturated heterocycles. The van der Waals surface area contributed by atoms with Gasteiger partial charge in [-0.25, -0.2) is 9.97 Å². The fourth-order valence-electron chi connectivity index (χ4n) is 1.64. The molecular formula is C12H22N4O. The zero-order valence-electron chi connectivity index (χ0n) is 10.9. The zero-order chi connectivity index (χ0) is 12.5. The molecule has 5 heteroatoms. The second kappa shape index (κ2) is 7.84. The second-order valence-electron chi connectivity index (χ2n) is 3.93. The number of methoxy groups -OCH3 is 1. The highest BCUT2D eigenvalue weighted by atomic mass is 16.5. The third-order valence-corrected chi connectivity index (χ3v) is 2.64. The monoisotopic (exact) mass is 238 g/mol. The van der Waals surface area contributed by atoms with Crippen LogP contribution in [0.2, 0.25) is 0 Å². The van der Waals surface area contributed by atoms with Crippen molar-refractivity contribution >= 4 is 11.6 Å². The largest absolute Gasteiger partial charge is 0.385 e. The van der Waals surface area contributed by atoms with Crippen LogP contribution in [-0.4, -0.2) is 37.3 Å². The predicted octanol–water partition coefficient (Wildman–Crippen LogP) is 2.06. The van der Waals surface area contributed by atoms with E-state index in [1.54, 1.807) is 13.4 Å². The first-order chi connectivity index (χ1) is 8.29. The molecule has 0 saturated carbocycles. The summed E-state index contributed by atoms with van der Waals surface area (Å²) in [6, 6.07) is 0. The first kappa shape index (κ1) is 13.7. The van der Waals surface area contributed by atoms with E-state index in [9.17, 15) is 0 Å². The van der Waals surface area contributed by atoms with Crippen molar-refractivity contribution in [1.82, 2.24) is 9.97 Å². The summed E-state index contributed by atoms with van der Waals surface area (Å²) in [7, 11) is 3.60. The zero-order valence-corrected chi connectivity index (χ0v) is 10.9. The summed E-state index contributed by atoms with van der Waals surface area (Å²) in [5, 5.41) is 6.38. The van der Waals surface area contributed by atoms with Crippen molar-refractivity contribution in [3.05, 3.63) is 11.9 Å². The molecule has 1 heterocycles. The molecular weight excluding hydrogens is 216 g/mol. The van der Waals surface area contributed by atoms with Gasteiger partial charge in [-0.1, -0.05) is 0 Å². The summed E-state index contributed by atoms with van der Waals surface area (Å²) in [5.41, 5.74) is 1.06. The van der Waals surface area contributed by atoms with Gasteiger partial charge >= 0.3 is 0 Å². The van der Waals surface area contributed by atoms with Crippen LogP contribution in [0.15, 0.2) is 6.33 Å². The highest BCUT2D eigenvalue weighted by molar-refractivity contribution is 5.55. The standard InChI is InChI=1S/C12H22N4O/c1-10-11(13-2)15-9-16-12(10)14-7-5-4-6-8-17-3/h9H,4-8H2,1-3H3,(H2,13,14,15,16). The SMILES string of the molecule is CNc1ncnc(NCCCCCOC)c1C. The Hall–Kier alpha value is -1.36. The number of unbranched alkanes of at least 4 members (excludes halogenated alkanes) is 2. The Labute approximate surface area is 103 Å². The molecule has 1 rings (SSSR count). The molecule has 0 unspecified atom stereocenters. The Kier molecular flexibility index (Phi) is 6.32. The van der Waals surface area contributed by atoms with Crippen LogP contribution in [-0.2, 0) is 4.74 Å². The number of anilines is 2. The molecule has 0 atom stereocenters. The molecule has 0 radical (unpaired) electrons. The van der Waals surface area contributed by atoms with Crippen molar-refractivity contribution in [2.24, 2.45) is 0 Å². The van der Waals surface area contributed by atoms with E-state index in [-0.39, 0.29) is 0 Å². The Balaban J connectivity index is 2.31. The van der Waals surface area contributed by atoms with Crippen LogP contribution in [0.25, 0.3) is 0 Å². The number of rotatable bonds is 8. The molecule has 0 spiro atoms. The summed E-state index contributed by atoms with van der Waals surface area (Å²) >= 11 is 0. The number of hydrogen-bond acceptors (Lipinski definition) is 5. The van der Waals surface area contributed by atoms with Crippen LogP contribution in [0, 0.1) is 6.92 Å². The molecule has 0 fully saturated rings. The fraction of sp³-hybridized carbons (Fsp3) is 0.667. The Morgan fingerprint density at radius 1 is 1.18 bits per heavy atom. The fourth-order valence-corrected chi connectivity index (χ4v) is 1.64. The number of nitrogens with zero attached hydrogens (tertiary/aromatic N) is 2. The lowest BCUT2D eigenvalue weighted by atomic mass is 10.2. The molecule has 0 amide bonds. The third-order valence-electron chi connectivity index (χ3n) is 2.64. The average Bonchev–Trinajstić information content (AvgIpc) is 2.35. The highest BCUT2D eigenvalue weighted by Gasteiger charge is 2.04. The van der Waals surface area contributed by atoms with E-state index in [0.717, 1.165) is 43.2 Å². The maximum absolute atomic E-state index is 5.01. The quantitative estimate of drug-likeness (QED) is 0.679. The van der Waals surface area contributed by atoms with Crippen molar-refractivity contribution in [1.29, 1.82) is 0 Å². The number of ether oxygens (including phenoxy) is 1. The van der Waals surface area contributed by atoms with E-state index >= 15 is 0 Å². The minimum atomic E-state index is 0.844. The molecule has 17 heavy (non-hydrogen) atoms. The van der Waals surface area contributed by atoms with Crippen molar-refractivity contribution in [2.45, 2.75) is 26.2 Å². The topological polar surface area (TPSA) is 59.1 Å². The molecule has 5 nitrogen and oxygen atoms in total. The van der Waals surface area contributed by atoms with E-state index in [4.69, 9.17) is 4.74 Å². The van der Waals surface area contributed by atoms with Crippen LogP contribution in [0.3, 0.4) is 0 Å². The van der Waals surface area contributed by atoms with Crippen LogP contribution < -0.4 is 10.6 Å². The molecule has 0 aliphatic heterocycles. The lowest BCUT2D eigenvalue weighted by Crippen LogP contribution is -2.07. The van der Waals surface area contributed by atoms with Gasteiger partial charge in [0.2, 0.25) is 0 Å². The first-order valence-electron chi connectivity index (χ1n) is 6.01. The Bertz CT molecular complexity index is 330. The molecule has 1 aromatic heterocycles. The van der Waals surface area contributed by atoms with Crippen LogP contribution >= 0.6 is 0 Å². The van der Waals surface area contributed by atoms with E-state index in [2.05, 4.69) is 20.6 Å². The number of aromatic nitrogens is 2. The first-order valence-corrected chi connectivity index (χ1v) is 6.01. The summed E-state index contributed by atoms with van der Waals surface area (Å²) in [6.07, 6.45) is 4.99. The van der Waals surface area contributed by atoms with Gasteiger partial charge in [-0.2, -0.15) is 0 Å². The summed E-state index contributed by atoms with van der Waals surface area (Å²) in [4.78, 5) is 8.38. The van der Waals surface area contributed by atoms with Crippen molar-refractivity contribution in [2.75, 3.05) is 37.9 Å². The van der Waals surface area contributed by atoms with Crippen LogP contribution in [0.1, 0.15) is 24.8 Å². The lowest BCUT2D eigenvalue weighted by Gasteiger charge is -2.10. The van der Waals surface area contributed by atoms with Gasteiger partial charge in [0.15, 0.2) is 0 Å². The number of hydrogen-bond donors (Lipinski definition) is 2. The molecule has 0 bridgehead atoms. The molecule has 0 aliphatic carbocycles. The lowest BCUT2D eigenvalue weighted by molar-refractivity contribution is 0.192. The molecule has 0 aliphatic rings. The van der Waals surface area contributed by atoms with E-state index < -0.39 is 0 Å². The maximum atomic E-state index is 5.01. The Morgan fingerprint density at radius 3 is 2.65 bits per heavy atom. The smallest absolute Gasteiger partial charge is 0.134 e. The molecule has 96 valence electrons.